The van der Waals surface area contributed by atoms with Gasteiger partial charge in [0.15, 0.2) is 0 Å². The van der Waals surface area contributed by atoms with Gasteiger partial charge in [-0.1, -0.05) is 0 Å². The molecule has 22 heavy (non-hydrogen) atoms. The van der Waals surface area contributed by atoms with Gasteiger partial charge in [0, 0.05) is 18.0 Å². The maximum Gasteiger partial charge on any atom is 0.220 e. The molecule has 1 fully saturated rings. The normalized spacial score (nSPS) is 18.4. The summed E-state index contributed by atoms with van der Waals surface area (Å²) < 4.78 is 18.6. The van der Waals surface area contributed by atoms with Crippen molar-refractivity contribution in [2.75, 3.05) is 13.7 Å². The number of hydrogen-bond donors (Lipinski definition) is 2. The standard InChI is InChI=1S/C16H23FN2O2.ClH/c1-11(14-10-12(17)5-7-15(14)21-2)19-16(20)8-6-13-4-3-9-18-13;/h5,7,10-11,13,18H,3-4,6,8-9H2,1-2H3,(H,19,20);1H. The number of carbonyl (C=O) groups excluding carboxylic acids is 1. The quantitative estimate of drug-likeness (QED) is 0.843. The van der Waals surface area contributed by atoms with Crippen LogP contribution < -0.4 is 15.4 Å². The van der Waals surface area contributed by atoms with E-state index >= 15 is 0 Å². The number of benzene rings is 1. The number of amides is 1. The largest absolute Gasteiger partial charge is 0.496 e. The summed E-state index contributed by atoms with van der Waals surface area (Å²) in [6.07, 6.45) is 3.65. The van der Waals surface area contributed by atoms with Gasteiger partial charge in [-0.05, 0) is 50.9 Å². The Balaban J connectivity index is 0.00000242. The molecule has 1 aromatic carbocycles. The first-order valence-electron chi connectivity index (χ1n) is 7.46. The second kappa shape index (κ2) is 8.96. The molecule has 1 amide bonds. The maximum atomic E-state index is 13.4. The average Bonchev–Trinajstić information content (AvgIpc) is 2.98. The molecular formula is C16H24ClFN2O2. The Labute approximate surface area is 137 Å². The van der Waals surface area contributed by atoms with Crippen molar-refractivity contribution in [1.29, 1.82) is 0 Å². The molecule has 0 radical (unpaired) electrons. The topological polar surface area (TPSA) is 50.4 Å². The zero-order valence-electron chi connectivity index (χ0n) is 13.0. The SMILES string of the molecule is COc1ccc(F)cc1C(C)NC(=O)CCC1CCCN1.Cl. The highest BCUT2D eigenvalue weighted by Crippen LogP contribution is 2.26. The fraction of sp³-hybridized carbons (Fsp3) is 0.562. The molecule has 6 heteroatoms. The van der Waals surface area contributed by atoms with Gasteiger partial charge in [-0.3, -0.25) is 4.79 Å². The van der Waals surface area contributed by atoms with E-state index in [4.69, 9.17) is 4.74 Å². The Kier molecular flexibility index (Phi) is 7.62. The Morgan fingerprint density at radius 2 is 2.32 bits per heavy atom. The van der Waals surface area contributed by atoms with Crippen LogP contribution in [0.5, 0.6) is 5.75 Å². The lowest BCUT2D eigenvalue weighted by molar-refractivity contribution is -0.121. The highest BCUT2D eigenvalue weighted by molar-refractivity contribution is 5.85. The van der Waals surface area contributed by atoms with Gasteiger partial charge in [0.25, 0.3) is 0 Å². The van der Waals surface area contributed by atoms with Gasteiger partial charge in [0.05, 0.1) is 13.2 Å². The lowest BCUT2D eigenvalue weighted by Gasteiger charge is -2.18. The van der Waals surface area contributed by atoms with Gasteiger partial charge in [-0.15, -0.1) is 12.4 Å². The van der Waals surface area contributed by atoms with Crippen LogP contribution in [-0.4, -0.2) is 25.6 Å². The Hall–Kier alpha value is -1.33. The summed E-state index contributed by atoms with van der Waals surface area (Å²) in [5, 5.41) is 6.28. The van der Waals surface area contributed by atoms with Crippen LogP contribution in [-0.2, 0) is 4.79 Å². The maximum absolute atomic E-state index is 13.4. The molecule has 1 aliphatic heterocycles. The van der Waals surface area contributed by atoms with Crippen molar-refractivity contribution in [2.24, 2.45) is 0 Å². The van der Waals surface area contributed by atoms with Crippen LogP contribution in [0.1, 0.15) is 44.2 Å². The van der Waals surface area contributed by atoms with E-state index in [1.807, 2.05) is 6.92 Å². The minimum atomic E-state index is -0.331. The molecule has 2 rings (SSSR count). The number of carbonyl (C=O) groups is 1. The number of ether oxygens (including phenoxy) is 1. The summed E-state index contributed by atoms with van der Waals surface area (Å²) in [6, 6.07) is 4.51. The summed E-state index contributed by atoms with van der Waals surface area (Å²) in [5.74, 6) is 0.242. The van der Waals surface area contributed by atoms with Crippen molar-refractivity contribution in [3.63, 3.8) is 0 Å². The molecule has 0 saturated carbocycles. The third kappa shape index (κ3) is 5.14. The second-order valence-electron chi connectivity index (χ2n) is 5.51. The number of hydrogen-bond acceptors (Lipinski definition) is 3. The zero-order chi connectivity index (χ0) is 15.2. The molecule has 1 aliphatic rings. The summed E-state index contributed by atoms with van der Waals surface area (Å²) in [5.41, 5.74) is 0.657. The average molecular weight is 331 g/mol. The van der Waals surface area contributed by atoms with E-state index in [9.17, 15) is 9.18 Å². The van der Waals surface area contributed by atoms with Gasteiger partial charge < -0.3 is 15.4 Å². The third-order valence-electron chi connectivity index (χ3n) is 3.92. The predicted molar refractivity (Wildman–Crippen MR) is 87.0 cm³/mol. The van der Waals surface area contributed by atoms with E-state index in [1.54, 1.807) is 6.07 Å². The minimum absolute atomic E-state index is 0. The molecule has 2 N–H and O–H groups in total. The van der Waals surface area contributed by atoms with Gasteiger partial charge in [-0.2, -0.15) is 0 Å². The molecule has 0 bridgehead atoms. The van der Waals surface area contributed by atoms with Crippen LogP contribution in [0.15, 0.2) is 18.2 Å². The molecule has 0 spiro atoms. The van der Waals surface area contributed by atoms with Crippen molar-refractivity contribution < 1.29 is 13.9 Å². The summed E-state index contributed by atoms with van der Waals surface area (Å²) in [4.78, 5) is 12.0. The van der Waals surface area contributed by atoms with E-state index in [0.29, 0.717) is 23.8 Å². The van der Waals surface area contributed by atoms with Crippen molar-refractivity contribution >= 4 is 18.3 Å². The summed E-state index contributed by atoms with van der Waals surface area (Å²) >= 11 is 0. The van der Waals surface area contributed by atoms with Gasteiger partial charge in [0.1, 0.15) is 11.6 Å². The summed E-state index contributed by atoms with van der Waals surface area (Å²) in [6.45, 7) is 2.88. The first kappa shape index (κ1) is 18.7. The highest BCUT2D eigenvalue weighted by atomic mass is 35.5. The minimum Gasteiger partial charge on any atom is -0.496 e. The van der Waals surface area contributed by atoms with Crippen LogP contribution in [0.4, 0.5) is 4.39 Å². The number of halogens is 2. The van der Waals surface area contributed by atoms with Crippen LogP contribution in [0.2, 0.25) is 0 Å². The lowest BCUT2D eigenvalue weighted by atomic mass is 10.1. The Bertz CT molecular complexity index is 493. The van der Waals surface area contributed by atoms with Crippen LogP contribution in [0, 0.1) is 5.82 Å². The molecule has 0 aromatic heterocycles. The smallest absolute Gasteiger partial charge is 0.220 e. The van der Waals surface area contributed by atoms with Crippen molar-refractivity contribution in [3.8, 4) is 5.75 Å². The van der Waals surface area contributed by atoms with Crippen molar-refractivity contribution in [3.05, 3.63) is 29.6 Å². The van der Waals surface area contributed by atoms with Crippen LogP contribution in [0.3, 0.4) is 0 Å². The molecule has 1 aromatic rings. The molecular weight excluding hydrogens is 307 g/mol. The number of methoxy groups -OCH3 is 1. The van der Waals surface area contributed by atoms with Gasteiger partial charge >= 0.3 is 0 Å². The molecule has 1 saturated heterocycles. The van der Waals surface area contributed by atoms with E-state index in [2.05, 4.69) is 10.6 Å². The highest BCUT2D eigenvalue weighted by Gasteiger charge is 2.18. The Morgan fingerprint density at radius 3 is 2.95 bits per heavy atom. The first-order valence-corrected chi connectivity index (χ1v) is 7.46. The number of rotatable bonds is 6. The Morgan fingerprint density at radius 1 is 1.55 bits per heavy atom. The molecule has 124 valence electrons. The molecule has 1 heterocycles. The van der Waals surface area contributed by atoms with E-state index in [0.717, 1.165) is 19.4 Å². The third-order valence-corrected chi connectivity index (χ3v) is 3.92. The first-order chi connectivity index (χ1) is 10.1. The molecule has 0 aliphatic carbocycles. The molecule has 2 atom stereocenters. The van der Waals surface area contributed by atoms with E-state index in [1.165, 1.54) is 25.7 Å². The zero-order valence-corrected chi connectivity index (χ0v) is 13.8. The van der Waals surface area contributed by atoms with Crippen LogP contribution >= 0.6 is 12.4 Å². The second-order valence-corrected chi connectivity index (χ2v) is 5.51. The lowest BCUT2D eigenvalue weighted by Crippen LogP contribution is -2.29. The van der Waals surface area contributed by atoms with Gasteiger partial charge in [0.2, 0.25) is 5.91 Å². The fourth-order valence-corrected chi connectivity index (χ4v) is 2.74. The van der Waals surface area contributed by atoms with E-state index in [-0.39, 0.29) is 30.2 Å². The fourth-order valence-electron chi connectivity index (χ4n) is 2.74. The van der Waals surface area contributed by atoms with E-state index < -0.39 is 0 Å². The number of nitrogens with one attached hydrogen (secondary N) is 2. The van der Waals surface area contributed by atoms with Crippen molar-refractivity contribution in [1.82, 2.24) is 10.6 Å². The monoisotopic (exact) mass is 330 g/mol. The van der Waals surface area contributed by atoms with Crippen molar-refractivity contribution in [2.45, 2.75) is 44.7 Å². The summed E-state index contributed by atoms with van der Waals surface area (Å²) in [7, 11) is 1.54. The van der Waals surface area contributed by atoms with Crippen LogP contribution in [0.25, 0.3) is 0 Å². The predicted octanol–water partition coefficient (Wildman–Crippen LogP) is 2.97. The van der Waals surface area contributed by atoms with Gasteiger partial charge in [-0.25, -0.2) is 4.39 Å². The molecule has 2 unspecified atom stereocenters. The molecule has 4 nitrogen and oxygen atoms in total.